The summed E-state index contributed by atoms with van der Waals surface area (Å²) in [6.45, 7) is 3.35. The summed E-state index contributed by atoms with van der Waals surface area (Å²) in [7, 11) is 0. The molecule has 0 unspecified atom stereocenters. The lowest BCUT2D eigenvalue weighted by Gasteiger charge is -2.12. The van der Waals surface area contributed by atoms with Crippen LogP contribution in [0.2, 0.25) is 0 Å². The zero-order valence-corrected chi connectivity index (χ0v) is 13.1. The minimum absolute atomic E-state index is 0.424. The van der Waals surface area contributed by atoms with Crippen LogP contribution in [0.5, 0.6) is 0 Å². The van der Waals surface area contributed by atoms with E-state index in [9.17, 15) is 14.7 Å². The van der Waals surface area contributed by atoms with Crippen LogP contribution in [-0.2, 0) is 14.3 Å². The molecule has 0 saturated heterocycles. The Bertz CT molecular complexity index is 697. The largest absolute Gasteiger partial charge is 0.453 e. The summed E-state index contributed by atoms with van der Waals surface area (Å²) in [6.07, 6.45) is -1.40. The first-order valence-electron chi connectivity index (χ1n) is 7.24. The highest BCUT2D eigenvalue weighted by molar-refractivity contribution is 5.93. The van der Waals surface area contributed by atoms with Gasteiger partial charge in [0.15, 0.2) is 12.7 Å². The smallest absolute Gasteiger partial charge is 0.340 e. The second-order valence-corrected chi connectivity index (χ2v) is 5.29. The van der Waals surface area contributed by atoms with Crippen LogP contribution < -0.4 is 5.32 Å². The lowest BCUT2D eigenvalue weighted by Crippen LogP contribution is -2.24. The molecule has 23 heavy (non-hydrogen) atoms. The van der Waals surface area contributed by atoms with E-state index in [4.69, 9.17) is 4.74 Å². The molecule has 2 N–H and O–H groups in total. The predicted molar refractivity (Wildman–Crippen MR) is 86.9 cm³/mol. The normalized spacial score (nSPS) is 11.6. The lowest BCUT2D eigenvalue weighted by molar-refractivity contribution is -0.156. The molecule has 120 valence electrons. The summed E-state index contributed by atoms with van der Waals surface area (Å²) >= 11 is 0. The van der Waals surface area contributed by atoms with Gasteiger partial charge in [0.25, 0.3) is 5.91 Å². The van der Waals surface area contributed by atoms with E-state index in [1.54, 1.807) is 30.3 Å². The number of aliphatic hydroxyl groups excluding tert-OH is 1. The van der Waals surface area contributed by atoms with Crippen molar-refractivity contribution in [2.24, 2.45) is 0 Å². The molecule has 1 atom stereocenters. The maximum absolute atomic E-state index is 11.9. The van der Waals surface area contributed by atoms with E-state index >= 15 is 0 Å². The summed E-state index contributed by atoms with van der Waals surface area (Å²) < 4.78 is 4.86. The topological polar surface area (TPSA) is 75.6 Å². The first kappa shape index (κ1) is 16.7. The van der Waals surface area contributed by atoms with Crippen LogP contribution in [0.15, 0.2) is 48.5 Å². The van der Waals surface area contributed by atoms with Crippen molar-refractivity contribution < 1.29 is 19.4 Å². The molecule has 0 aliphatic rings. The highest BCUT2D eigenvalue weighted by atomic mass is 16.5. The summed E-state index contributed by atoms with van der Waals surface area (Å²) in [5, 5.41) is 12.6. The number of hydrogen-bond donors (Lipinski definition) is 2. The van der Waals surface area contributed by atoms with E-state index < -0.39 is 24.6 Å². The van der Waals surface area contributed by atoms with Gasteiger partial charge in [0.05, 0.1) is 0 Å². The number of nitrogens with one attached hydrogen (secondary N) is 1. The molecule has 0 aliphatic heterocycles. The summed E-state index contributed by atoms with van der Waals surface area (Å²) in [4.78, 5) is 23.6. The third kappa shape index (κ3) is 4.66. The Morgan fingerprint density at radius 3 is 2.52 bits per heavy atom. The van der Waals surface area contributed by atoms with Crippen LogP contribution in [-0.4, -0.2) is 23.6 Å². The summed E-state index contributed by atoms with van der Waals surface area (Å²) in [6, 6.07) is 14.1. The molecule has 0 radical (unpaired) electrons. The number of esters is 1. The highest BCUT2D eigenvalue weighted by Gasteiger charge is 2.19. The van der Waals surface area contributed by atoms with Crippen molar-refractivity contribution in [2.75, 3.05) is 11.9 Å². The van der Waals surface area contributed by atoms with E-state index in [0.717, 1.165) is 11.1 Å². The molecular formula is C18H19NO4. The van der Waals surface area contributed by atoms with Gasteiger partial charge in [-0.1, -0.05) is 42.5 Å². The Morgan fingerprint density at radius 1 is 1.13 bits per heavy atom. The third-order valence-electron chi connectivity index (χ3n) is 3.35. The fraction of sp³-hybridized carbons (Fsp3) is 0.222. The molecule has 0 spiro atoms. The quantitative estimate of drug-likeness (QED) is 0.832. The molecule has 2 rings (SSSR count). The summed E-state index contributed by atoms with van der Waals surface area (Å²) in [5.41, 5.74) is 3.03. The second-order valence-electron chi connectivity index (χ2n) is 5.29. The van der Waals surface area contributed by atoms with Crippen molar-refractivity contribution in [1.29, 1.82) is 0 Å². The SMILES string of the molecule is Cc1ccc(C)c(NC(=O)COC(=O)[C@H](O)c2ccccc2)c1. The molecule has 5 nitrogen and oxygen atoms in total. The minimum Gasteiger partial charge on any atom is -0.453 e. The first-order valence-corrected chi connectivity index (χ1v) is 7.24. The van der Waals surface area contributed by atoms with Gasteiger partial charge in [0.2, 0.25) is 0 Å². The average Bonchev–Trinajstić information content (AvgIpc) is 2.56. The predicted octanol–water partition coefficient (Wildman–Crippen LogP) is 2.52. The molecular weight excluding hydrogens is 294 g/mol. The van der Waals surface area contributed by atoms with Crippen LogP contribution >= 0.6 is 0 Å². The van der Waals surface area contributed by atoms with Gasteiger partial charge in [0, 0.05) is 5.69 Å². The van der Waals surface area contributed by atoms with Crippen LogP contribution in [0, 0.1) is 13.8 Å². The Balaban J connectivity index is 1.89. The number of carbonyl (C=O) groups excluding carboxylic acids is 2. The van der Waals surface area contributed by atoms with Gasteiger partial charge in [-0.2, -0.15) is 0 Å². The fourth-order valence-electron chi connectivity index (χ4n) is 2.04. The monoisotopic (exact) mass is 313 g/mol. The van der Waals surface area contributed by atoms with Crippen molar-refractivity contribution in [3.63, 3.8) is 0 Å². The number of aryl methyl sites for hydroxylation is 2. The van der Waals surface area contributed by atoms with Crippen LogP contribution in [0.25, 0.3) is 0 Å². The van der Waals surface area contributed by atoms with E-state index in [1.165, 1.54) is 0 Å². The molecule has 1 amide bonds. The second kappa shape index (κ2) is 7.56. The molecule has 0 heterocycles. The molecule has 5 heteroatoms. The first-order chi connectivity index (χ1) is 11.0. The highest BCUT2D eigenvalue weighted by Crippen LogP contribution is 2.17. The Labute approximate surface area is 134 Å². The number of anilines is 1. The van der Waals surface area contributed by atoms with Gasteiger partial charge in [-0.05, 0) is 36.6 Å². The Kier molecular flexibility index (Phi) is 5.49. The van der Waals surface area contributed by atoms with E-state index in [0.29, 0.717) is 11.3 Å². The zero-order chi connectivity index (χ0) is 16.8. The van der Waals surface area contributed by atoms with E-state index in [1.807, 2.05) is 32.0 Å². The van der Waals surface area contributed by atoms with Gasteiger partial charge in [-0.25, -0.2) is 4.79 Å². The standard InChI is InChI=1S/C18H19NO4/c1-12-8-9-13(2)15(10-12)19-16(20)11-23-18(22)17(21)14-6-4-3-5-7-14/h3-10,17,21H,11H2,1-2H3,(H,19,20)/t17-/m1/s1. The number of hydrogen-bond acceptors (Lipinski definition) is 4. The zero-order valence-electron chi connectivity index (χ0n) is 13.1. The maximum atomic E-state index is 11.9. The molecule has 0 saturated carbocycles. The molecule has 0 fully saturated rings. The molecule has 0 aliphatic carbocycles. The van der Waals surface area contributed by atoms with Gasteiger partial charge in [-0.3, -0.25) is 4.79 Å². The Hall–Kier alpha value is -2.66. The molecule has 0 aromatic heterocycles. The third-order valence-corrected chi connectivity index (χ3v) is 3.35. The molecule has 2 aromatic rings. The van der Waals surface area contributed by atoms with Gasteiger partial charge in [-0.15, -0.1) is 0 Å². The lowest BCUT2D eigenvalue weighted by atomic mass is 10.1. The van der Waals surface area contributed by atoms with Gasteiger partial charge < -0.3 is 15.2 Å². The number of ether oxygens (including phenoxy) is 1. The van der Waals surface area contributed by atoms with Crippen LogP contribution in [0.3, 0.4) is 0 Å². The minimum atomic E-state index is -1.40. The van der Waals surface area contributed by atoms with Crippen molar-refractivity contribution >= 4 is 17.6 Å². The number of amides is 1. The number of rotatable bonds is 5. The van der Waals surface area contributed by atoms with Crippen LogP contribution in [0.1, 0.15) is 22.8 Å². The van der Waals surface area contributed by atoms with Crippen molar-refractivity contribution in [2.45, 2.75) is 20.0 Å². The fourth-order valence-corrected chi connectivity index (χ4v) is 2.04. The number of benzene rings is 2. The van der Waals surface area contributed by atoms with E-state index in [-0.39, 0.29) is 0 Å². The number of aliphatic hydroxyl groups is 1. The maximum Gasteiger partial charge on any atom is 0.340 e. The van der Waals surface area contributed by atoms with Crippen LogP contribution in [0.4, 0.5) is 5.69 Å². The van der Waals surface area contributed by atoms with Crippen molar-refractivity contribution in [3.8, 4) is 0 Å². The Morgan fingerprint density at radius 2 is 1.83 bits per heavy atom. The molecule has 0 bridgehead atoms. The van der Waals surface area contributed by atoms with E-state index in [2.05, 4.69) is 5.32 Å². The molecule has 2 aromatic carbocycles. The van der Waals surface area contributed by atoms with Gasteiger partial charge in [0.1, 0.15) is 0 Å². The van der Waals surface area contributed by atoms with Crippen molar-refractivity contribution in [1.82, 2.24) is 0 Å². The summed E-state index contributed by atoms with van der Waals surface area (Å²) in [5.74, 6) is -1.31. The average molecular weight is 313 g/mol. The van der Waals surface area contributed by atoms with Gasteiger partial charge >= 0.3 is 5.97 Å². The van der Waals surface area contributed by atoms with Crippen molar-refractivity contribution in [3.05, 3.63) is 65.2 Å². The number of carbonyl (C=O) groups is 2.